The maximum atomic E-state index is 4.02. The van der Waals surface area contributed by atoms with E-state index < -0.39 is 0 Å². The molecule has 0 amide bonds. The number of unbranched alkanes of at least 4 members (excludes halogenated alkanes) is 11. The Kier molecular flexibility index (Phi) is 15.2. The molecule has 0 aliphatic heterocycles. The molecule has 18 heavy (non-hydrogen) atoms. The van der Waals surface area contributed by atoms with Crippen molar-refractivity contribution in [1.29, 1.82) is 0 Å². The van der Waals surface area contributed by atoms with Crippen LogP contribution >= 0.6 is 11.8 Å². The average Bonchev–Trinajstić information content (AvgIpc) is 2.39. The molecule has 0 saturated heterocycles. The van der Waals surface area contributed by atoms with Crippen LogP contribution in [0.1, 0.15) is 83.5 Å². The van der Waals surface area contributed by atoms with Gasteiger partial charge in [0.2, 0.25) is 0 Å². The average molecular weight is 270 g/mol. The molecule has 0 aromatic heterocycles. The van der Waals surface area contributed by atoms with Gasteiger partial charge < -0.3 is 0 Å². The molecule has 0 spiro atoms. The monoisotopic (exact) mass is 269 g/mol. The first-order valence-corrected chi connectivity index (χ1v) is 9.04. The van der Waals surface area contributed by atoms with Crippen LogP contribution in [0.25, 0.3) is 0 Å². The predicted octanol–water partition coefficient (Wildman–Crippen LogP) is 6.77. The lowest BCUT2D eigenvalue weighted by atomic mass is 10.0. The third-order valence-electron chi connectivity index (χ3n) is 3.49. The van der Waals surface area contributed by atoms with Gasteiger partial charge in [0, 0.05) is 0 Å². The van der Waals surface area contributed by atoms with E-state index in [1.54, 1.807) is 0 Å². The summed E-state index contributed by atoms with van der Waals surface area (Å²) in [6.45, 7) is 7.90. The van der Waals surface area contributed by atoms with Crippen LogP contribution in [0.5, 0.6) is 0 Å². The summed E-state index contributed by atoms with van der Waals surface area (Å²) in [5, 5.41) is 0. The van der Waals surface area contributed by atoms with Gasteiger partial charge in [0.1, 0.15) is 0 Å². The SMILES string of the molecule is [CH2]CCCCCCCCCCCCCC(=C)SC. The van der Waals surface area contributed by atoms with Gasteiger partial charge in [0.25, 0.3) is 0 Å². The van der Waals surface area contributed by atoms with Crippen LogP contribution in [0.4, 0.5) is 0 Å². The highest BCUT2D eigenvalue weighted by atomic mass is 32.2. The Labute approximate surface area is 120 Å². The first kappa shape index (κ1) is 18.1. The van der Waals surface area contributed by atoms with Crippen molar-refractivity contribution in [2.45, 2.75) is 83.5 Å². The molecule has 0 nitrogen and oxygen atoms in total. The zero-order chi connectivity index (χ0) is 13.5. The minimum absolute atomic E-state index is 1.11. The topological polar surface area (TPSA) is 0 Å². The Morgan fingerprint density at radius 1 is 0.722 bits per heavy atom. The van der Waals surface area contributed by atoms with Crippen molar-refractivity contribution in [3.05, 3.63) is 18.4 Å². The van der Waals surface area contributed by atoms with Crippen LogP contribution in [0, 0.1) is 6.92 Å². The molecule has 0 aromatic rings. The highest BCUT2D eigenvalue weighted by molar-refractivity contribution is 8.02. The summed E-state index contributed by atoms with van der Waals surface area (Å²) in [6, 6.07) is 0. The van der Waals surface area contributed by atoms with Gasteiger partial charge in [0.05, 0.1) is 0 Å². The molecule has 1 radical (unpaired) electrons. The summed E-state index contributed by atoms with van der Waals surface area (Å²) in [4.78, 5) is 1.34. The quantitative estimate of drug-likeness (QED) is 0.314. The Balaban J connectivity index is 2.97. The van der Waals surface area contributed by atoms with Crippen molar-refractivity contribution >= 4 is 11.8 Å². The van der Waals surface area contributed by atoms with E-state index in [2.05, 4.69) is 19.8 Å². The molecule has 0 rings (SSSR count). The van der Waals surface area contributed by atoms with E-state index in [1.165, 1.54) is 82.0 Å². The minimum Gasteiger partial charge on any atom is -0.135 e. The summed E-state index contributed by atoms with van der Waals surface area (Å²) >= 11 is 1.81. The highest BCUT2D eigenvalue weighted by Crippen LogP contribution is 2.18. The van der Waals surface area contributed by atoms with E-state index in [0.29, 0.717) is 0 Å². The molecule has 0 saturated carbocycles. The Bertz CT molecular complexity index is 174. The van der Waals surface area contributed by atoms with E-state index in [1.807, 2.05) is 11.8 Å². The predicted molar refractivity (Wildman–Crippen MR) is 88.0 cm³/mol. The summed E-state index contributed by atoms with van der Waals surface area (Å²) in [5.41, 5.74) is 0. The standard InChI is InChI=1S/C17H33S/c1-4-5-6-7-8-9-10-11-12-13-14-15-16-17(2)18-3/h1-2,4-16H2,3H3. The van der Waals surface area contributed by atoms with Crippen LogP contribution < -0.4 is 0 Å². The van der Waals surface area contributed by atoms with Gasteiger partial charge in [-0.1, -0.05) is 84.1 Å². The smallest absolute Gasteiger partial charge is 0.0140 e. The minimum atomic E-state index is 1.11. The second-order valence-electron chi connectivity index (χ2n) is 5.24. The number of rotatable bonds is 14. The Morgan fingerprint density at radius 2 is 1.11 bits per heavy atom. The molecule has 0 unspecified atom stereocenters. The van der Waals surface area contributed by atoms with Gasteiger partial charge in [-0.3, -0.25) is 0 Å². The molecule has 0 bridgehead atoms. The molecule has 0 aromatic carbocycles. The third kappa shape index (κ3) is 14.2. The van der Waals surface area contributed by atoms with Crippen molar-refractivity contribution in [3.8, 4) is 0 Å². The van der Waals surface area contributed by atoms with Crippen molar-refractivity contribution in [2.24, 2.45) is 0 Å². The van der Waals surface area contributed by atoms with Crippen LogP contribution in [-0.4, -0.2) is 6.26 Å². The number of thioether (sulfide) groups is 1. The maximum absolute atomic E-state index is 4.02. The van der Waals surface area contributed by atoms with Crippen LogP contribution in [0.15, 0.2) is 11.5 Å². The highest BCUT2D eigenvalue weighted by Gasteiger charge is 1.94. The largest absolute Gasteiger partial charge is 0.135 e. The molecular formula is C17H33S. The first-order valence-electron chi connectivity index (χ1n) is 7.82. The van der Waals surface area contributed by atoms with E-state index in [4.69, 9.17) is 0 Å². The number of hydrogen-bond acceptors (Lipinski definition) is 1. The summed E-state index contributed by atoms with van der Waals surface area (Å²) in [6.07, 6.45) is 19.9. The molecule has 0 aliphatic rings. The Morgan fingerprint density at radius 3 is 1.50 bits per heavy atom. The lowest BCUT2D eigenvalue weighted by molar-refractivity contribution is 0.547. The van der Waals surface area contributed by atoms with Crippen molar-refractivity contribution < 1.29 is 0 Å². The fraction of sp³-hybridized carbons (Fsp3) is 0.824. The second kappa shape index (κ2) is 15.1. The van der Waals surface area contributed by atoms with Crippen molar-refractivity contribution in [3.63, 3.8) is 0 Å². The van der Waals surface area contributed by atoms with Gasteiger partial charge in [0.15, 0.2) is 0 Å². The van der Waals surface area contributed by atoms with Crippen molar-refractivity contribution in [1.82, 2.24) is 0 Å². The summed E-state index contributed by atoms with van der Waals surface area (Å²) in [7, 11) is 0. The summed E-state index contributed by atoms with van der Waals surface area (Å²) in [5.74, 6) is 0. The first-order chi connectivity index (χ1) is 8.81. The zero-order valence-corrected chi connectivity index (χ0v) is 13.3. The van der Waals surface area contributed by atoms with E-state index in [0.717, 1.165) is 6.42 Å². The van der Waals surface area contributed by atoms with Crippen LogP contribution in [0.3, 0.4) is 0 Å². The lowest BCUT2D eigenvalue weighted by Crippen LogP contribution is -1.83. The molecule has 107 valence electrons. The van der Waals surface area contributed by atoms with Gasteiger partial charge in [-0.2, -0.15) is 0 Å². The van der Waals surface area contributed by atoms with Gasteiger partial charge in [-0.15, -0.1) is 11.8 Å². The lowest BCUT2D eigenvalue weighted by Gasteiger charge is -2.03. The third-order valence-corrected chi connectivity index (χ3v) is 4.28. The van der Waals surface area contributed by atoms with E-state index >= 15 is 0 Å². The molecule has 1 heteroatoms. The summed E-state index contributed by atoms with van der Waals surface area (Å²) < 4.78 is 0. The van der Waals surface area contributed by atoms with Gasteiger partial charge >= 0.3 is 0 Å². The van der Waals surface area contributed by atoms with Gasteiger partial charge in [-0.05, 0) is 24.0 Å². The fourth-order valence-electron chi connectivity index (χ4n) is 2.19. The van der Waals surface area contributed by atoms with Gasteiger partial charge in [-0.25, -0.2) is 0 Å². The molecule has 0 aliphatic carbocycles. The second-order valence-corrected chi connectivity index (χ2v) is 6.22. The number of hydrogen-bond donors (Lipinski definition) is 0. The normalized spacial score (nSPS) is 10.8. The van der Waals surface area contributed by atoms with Crippen LogP contribution in [-0.2, 0) is 0 Å². The molecule has 0 fully saturated rings. The van der Waals surface area contributed by atoms with E-state index in [9.17, 15) is 0 Å². The molecule has 0 N–H and O–H groups in total. The molecule has 0 atom stereocenters. The van der Waals surface area contributed by atoms with Crippen LogP contribution in [0.2, 0.25) is 0 Å². The fourth-order valence-corrected chi connectivity index (χ4v) is 2.54. The maximum Gasteiger partial charge on any atom is -0.0140 e. The van der Waals surface area contributed by atoms with Crippen molar-refractivity contribution in [2.75, 3.05) is 6.26 Å². The number of allylic oxidation sites excluding steroid dienone is 1. The zero-order valence-electron chi connectivity index (χ0n) is 12.5. The van der Waals surface area contributed by atoms with E-state index in [-0.39, 0.29) is 0 Å². The Hall–Kier alpha value is 0.0900. The molecule has 0 heterocycles. The molecular weight excluding hydrogens is 236 g/mol.